The average molecular weight is 405 g/mol. The zero-order chi connectivity index (χ0) is 19.4. The molecule has 1 N–H and O–H groups in total. The fourth-order valence-electron chi connectivity index (χ4n) is 2.27. The van der Waals surface area contributed by atoms with Gasteiger partial charge in [-0.2, -0.15) is 0 Å². The number of carbonyl (C=O) groups excluding carboxylic acids is 1. The van der Waals surface area contributed by atoms with Gasteiger partial charge in [-0.05, 0) is 30.7 Å². The quantitative estimate of drug-likeness (QED) is 0.369. The van der Waals surface area contributed by atoms with E-state index in [0.717, 1.165) is 22.9 Å². The van der Waals surface area contributed by atoms with E-state index in [4.69, 9.17) is 16.0 Å². The number of hydrogen-bond donors (Lipinski definition) is 1. The lowest BCUT2D eigenvalue weighted by Crippen LogP contribution is -2.15. The van der Waals surface area contributed by atoms with Crippen LogP contribution in [0.2, 0.25) is 5.02 Å². The molecule has 0 spiro atoms. The zero-order valence-corrected chi connectivity index (χ0v) is 15.6. The van der Waals surface area contributed by atoms with Crippen LogP contribution in [0.15, 0.2) is 52.1 Å². The number of hydrogen-bond acceptors (Lipinski definition) is 7. The molecule has 10 heteroatoms. The number of halogens is 1. The maximum atomic E-state index is 12.1. The van der Waals surface area contributed by atoms with Gasteiger partial charge in [0.15, 0.2) is 0 Å². The number of nitro benzene ring substituents is 1. The number of nitrogens with one attached hydrogen (secondary N) is 1. The van der Waals surface area contributed by atoms with Crippen molar-refractivity contribution in [3.05, 3.63) is 63.2 Å². The fourth-order valence-corrected chi connectivity index (χ4v) is 3.01. The van der Waals surface area contributed by atoms with Crippen LogP contribution in [-0.2, 0) is 4.79 Å². The number of rotatable bonds is 6. The van der Waals surface area contributed by atoms with Crippen molar-refractivity contribution in [2.75, 3.05) is 11.1 Å². The first kappa shape index (κ1) is 18.9. The number of benzene rings is 2. The molecule has 0 bridgehead atoms. The van der Waals surface area contributed by atoms with Crippen LogP contribution < -0.4 is 5.32 Å². The summed E-state index contributed by atoms with van der Waals surface area (Å²) >= 11 is 6.87. The molecule has 8 nitrogen and oxygen atoms in total. The minimum atomic E-state index is -0.592. The zero-order valence-electron chi connectivity index (χ0n) is 14.0. The Balaban J connectivity index is 1.65. The number of aromatic nitrogens is 2. The molecular formula is C17H13ClN4O4S. The first-order valence-corrected chi connectivity index (χ1v) is 9.06. The Kier molecular flexibility index (Phi) is 5.72. The smallest absolute Gasteiger partial charge is 0.292 e. The van der Waals surface area contributed by atoms with E-state index in [1.165, 1.54) is 18.2 Å². The third-order valence-electron chi connectivity index (χ3n) is 3.54. The van der Waals surface area contributed by atoms with Crippen LogP contribution in [0.25, 0.3) is 11.5 Å². The van der Waals surface area contributed by atoms with Crippen molar-refractivity contribution >= 4 is 40.6 Å². The van der Waals surface area contributed by atoms with E-state index in [9.17, 15) is 14.9 Å². The van der Waals surface area contributed by atoms with Gasteiger partial charge in [0.25, 0.3) is 10.9 Å². The minimum absolute atomic E-state index is 0.0317. The summed E-state index contributed by atoms with van der Waals surface area (Å²) < 4.78 is 5.56. The first-order valence-electron chi connectivity index (χ1n) is 7.70. The molecule has 1 aromatic heterocycles. The van der Waals surface area contributed by atoms with Crippen LogP contribution in [-0.4, -0.2) is 26.8 Å². The van der Waals surface area contributed by atoms with Crippen molar-refractivity contribution in [1.29, 1.82) is 0 Å². The highest BCUT2D eigenvalue weighted by molar-refractivity contribution is 7.99. The SMILES string of the molecule is Cc1ccccc1-c1nnc(SCC(=O)Nc2cc(Cl)ccc2[N+](=O)[O-])o1. The normalized spacial score (nSPS) is 10.6. The lowest BCUT2D eigenvalue weighted by Gasteiger charge is -2.05. The predicted octanol–water partition coefficient (Wildman–Crippen LogP) is 4.34. The molecule has 2 aromatic carbocycles. The van der Waals surface area contributed by atoms with Gasteiger partial charge in [0.2, 0.25) is 11.8 Å². The second-order valence-corrected chi connectivity index (χ2v) is 6.81. The van der Waals surface area contributed by atoms with Gasteiger partial charge >= 0.3 is 0 Å². The number of thioether (sulfide) groups is 1. The average Bonchev–Trinajstić information content (AvgIpc) is 3.09. The van der Waals surface area contributed by atoms with E-state index >= 15 is 0 Å². The lowest BCUT2D eigenvalue weighted by atomic mass is 10.1. The third-order valence-corrected chi connectivity index (χ3v) is 4.59. The van der Waals surface area contributed by atoms with Crippen molar-refractivity contribution in [1.82, 2.24) is 10.2 Å². The van der Waals surface area contributed by atoms with Crippen LogP contribution in [0.4, 0.5) is 11.4 Å². The molecule has 3 rings (SSSR count). The van der Waals surface area contributed by atoms with Crippen LogP contribution in [0.3, 0.4) is 0 Å². The fraction of sp³-hybridized carbons (Fsp3) is 0.118. The molecule has 0 unspecified atom stereocenters. The third kappa shape index (κ3) is 4.63. The number of nitrogens with zero attached hydrogens (tertiary/aromatic N) is 3. The Hall–Kier alpha value is -2.91. The first-order chi connectivity index (χ1) is 12.9. The molecule has 138 valence electrons. The Bertz CT molecular complexity index is 1010. The van der Waals surface area contributed by atoms with Crippen LogP contribution in [0, 0.1) is 17.0 Å². The summed E-state index contributed by atoms with van der Waals surface area (Å²) in [6.07, 6.45) is 0. The van der Waals surface area contributed by atoms with Crippen LogP contribution in [0.1, 0.15) is 5.56 Å². The van der Waals surface area contributed by atoms with Crippen molar-refractivity contribution in [2.24, 2.45) is 0 Å². The molecule has 1 heterocycles. The maximum absolute atomic E-state index is 12.1. The molecule has 0 aliphatic rings. The highest BCUT2D eigenvalue weighted by Gasteiger charge is 2.17. The summed E-state index contributed by atoms with van der Waals surface area (Å²) in [5.41, 5.74) is 1.60. The van der Waals surface area contributed by atoms with Gasteiger partial charge in [0.05, 0.1) is 10.7 Å². The number of amides is 1. The van der Waals surface area contributed by atoms with Gasteiger partial charge < -0.3 is 9.73 Å². The molecule has 0 fully saturated rings. The molecule has 1 amide bonds. The van der Waals surface area contributed by atoms with Gasteiger partial charge in [-0.25, -0.2) is 0 Å². The standard InChI is InChI=1S/C17H13ClN4O4S/c1-10-4-2-3-5-12(10)16-20-21-17(26-16)27-9-15(23)19-13-8-11(18)6-7-14(13)22(24)25/h2-8H,9H2,1H3,(H,19,23). The molecule has 0 atom stereocenters. The topological polar surface area (TPSA) is 111 Å². The molecule has 27 heavy (non-hydrogen) atoms. The van der Waals surface area contributed by atoms with Crippen molar-refractivity contribution < 1.29 is 14.1 Å². The summed E-state index contributed by atoms with van der Waals surface area (Å²) in [7, 11) is 0. The van der Waals surface area contributed by atoms with Gasteiger partial charge in [-0.3, -0.25) is 14.9 Å². The highest BCUT2D eigenvalue weighted by Crippen LogP contribution is 2.29. The van der Waals surface area contributed by atoms with Gasteiger partial charge in [0.1, 0.15) is 5.69 Å². The Morgan fingerprint density at radius 1 is 1.30 bits per heavy atom. The van der Waals surface area contributed by atoms with E-state index < -0.39 is 10.8 Å². The molecule has 0 aliphatic heterocycles. The number of carbonyl (C=O) groups is 1. The summed E-state index contributed by atoms with van der Waals surface area (Å²) in [6, 6.07) is 11.5. The summed E-state index contributed by atoms with van der Waals surface area (Å²) in [5, 5.41) is 21.9. The molecular weight excluding hydrogens is 392 g/mol. The Labute approximate surface area is 163 Å². The molecule has 0 saturated carbocycles. The van der Waals surface area contributed by atoms with Gasteiger partial charge in [-0.1, -0.05) is 41.6 Å². The van der Waals surface area contributed by atoms with Crippen LogP contribution >= 0.6 is 23.4 Å². The number of nitro groups is 1. The van der Waals surface area contributed by atoms with Crippen molar-refractivity contribution in [3.63, 3.8) is 0 Å². The minimum Gasteiger partial charge on any atom is -0.411 e. The summed E-state index contributed by atoms with van der Waals surface area (Å²) in [6.45, 7) is 1.93. The Morgan fingerprint density at radius 2 is 2.07 bits per heavy atom. The van der Waals surface area contributed by atoms with Crippen molar-refractivity contribution in [2.45, 2.75) is 12.1 Å². The van der Waals surface area contributed by atoms with Gasteiger partial charge in [-0.15, -0.1) is 10.2 Å². The Morgan fingerprint density at radius 3 is 2.81 bits per heavy atom. The molecule has 0 aliphatic carbocycles. The number of aryl methyl sites for hydroxylation is 1. The second kappa shape index (κ2) is 8.19. The van der Waals surface area contributed by atoms with E-state index in [1.54, 1.807) is 0 Å². The maximum Gasteiger partial charge on any atom is 0.292 e. The monoisotopic (exact) mass is 404 g/mol. The molecule has 3 aromatic rings. The van der Waals surface area contributed by atoms with Crippen molar-refractivity contribution in [3.8, 4) is 11.5 Å². The largest absolute Gasteiger partial charge is 0.411 e. The lowest BCUT2D eigenvalue weighted by molar-refractivity contribution is -0.383. The van der Waals surface area contributed by atoms with E-state index in [1.807, 2.05) is 31.2 Å². The van der Waals surface area contributed by atoms with E-state index in [0.29, 0.717) is 5.89 Å². The summed E-state index contributed by atoms with van der Waals surface area (Å²) in [5.74, 6) is -0.151. The highest BCUT2D eigenvalue weighted by atomic mass is 35.5. The molecule has 0 radical (unpaired) electrons. The summed E-state index contributed by atoms with van der Waals surface area (Å²) in [4.78, 5) is 22.6. The van der Waals surface area contributed by atoms with Crippen LogP contribution in [0.5, 0.6) is 0 Å². The van der Waals surface area contributed by atoms with E-state index in [-0.39, 0.29) is 27.4 Å². The van der Waals surface area contributed by atoms with Gasteiger partial charge in [0, 0.05) is 16.7 Å². The van der Waals surface area contributed by atoms with E-state index in [2.05, 4.69) is 15.5 Å². The predicted molar refractivity (Wildman–Crippen MR) is 102 cm³/mol. The second-order valence-electron chi connectivity index (χ2n) is 5.44. The molecule has 0 saturated heterocycles. The number of anilines is 1.